The molecule has 0 amide bonds. The summed E-state index contributed by atoms with van der Waals surface area (Å²) in [7, 11) is 3.16. The van der Waals surface area contributed by atoms with Crippen molar-refractivity contribution in [3.05, 3.63) is 41.0 Å². The number of benzene rings is 1. The monoisotopic (exact) mass is 391 g/mol. The second-order valence-electron chi connectivity index (χ2n) is 6.66. The van der Waals surface area contributed by atoms with Gasteiger partial charge in [0, 0.05) is 25.2 Å². The normalized spacial score (nSPS) is 18.2. The number of carbonyl (C=O) groups is 3. The molecule has 1 atom stereocenters. The van der Waals surface area contributed by atoms with Gasteiger partial charge in [-0.2, -0.15) is 0 Å². The Balaban J connectivity index is 0.000000409. The van der Waals surface area contributed by atoms with E-state index in [0.717, 1.165) is 37.3 Å². The third-order valence-corrected chi connectivity index (χ3v) is 4.89. The molecule has 0 fully saturated rings. The van der Waals surface area contributed by atoms with Crippen LogP contribution in [0.25, 0.3) is 0 Å². The van der Waals surface area contributed by atoms with Crippen LogP contribution < -0.4 is 4.74 Å². The lowest BCUT2D eigenvalue weighted by Crippen LogP contribution is -2.35. The SMILES string of the molecule is COC(=O)C1=CCCN(CC2CCc3ccc(OC)cc32)C1.O=C(O)C(=O)O. The molecule has 2 aliphatic rings. The maximum atomic E-state index is 11.7. The second kappa shape index (κ2) is 9.89. The van der Waals surface area contributed by atoms with E-state index >= 15 is 0 Å². The Morgan fingerprint density at radius 1 is 1.18 bits per heavy atom. The van der Waals surface area contributed by atoms with Crippen molar-refractivity contribution in [2.45, 2.75) is 25.2 Å². The van der Waals surface area contributed by atoms with E-state index in [2.05, 4.69) is 17.0 Å². The van der Waals surface area contributed by atoms with E-state index in [1.807, 2.05) is 12.1 Å². The number of esters is 1. The zero-order valence-electron chi connectivity index (χ0n) is 16.0. The molecule has 28 heavy (non-hydrogen) atoms. The van der Waals surface area contributed by atoms with Crippen LogP contribution in [0.5, 0.6) is 5.75 Å². The summed E-state index contributed by atoms with van der Waals surface area (Å²) in [6.45, 7) is 2.70. The third-order valence-electron chi connectivity index (χ3n) is 4.89. The van der Waals surface area contributed by atoms with Gasteiger partial charge < -0.3 is 19.7 Å². The number of nitrogens with zero attached hydrogens (tertiary/aromatic N) is 1. The molecule has 1 heterocycles. The minimum absolute atomic E-state index is 0.196. The summed E-state index contributed by atoms with van der Waals surface area (Å²) >= 11 is 0. The molecule has 2 N–H and O–H groups in total. The van der Waals surface area contributed by atoms with Crippen LogP contribution in [0.15, 0.2) is 29.8 Å². The molecule has 0 bridgehead atoms. The molecule has 8 nitrogen and oxygen atoms in total. The van der Waals surface area contributed by atoms with Crippen molar-refractivity contribution < 1.29 is 34.1 Å². The molecule has 0 aromatic heterocycles. The Morgan fingerprint density at radius 2 is 1.89 bits per heavy atom. The van der Waals surface area contributed by atoms with Crippen LogP contribution in [0.3, 0.4) is 0 Å². The van der Waals surface area contributed by atoms with Crippen molar-refractivity contribution in [1.29, 1.82) is 0 Å². The maximum Gasteiger partial charge on any atom is 0.414 e. The Labute approximate surface area is 163 Å². The topological polar surface area (TPSA) is 113 Å². The van der Waals surface area contributed by atoms with Gasteiger partial charge in [-0.15, -0.1) is 0 Å². The van der Waals surface area contributed by atoms with E-state index in [1.54, 1.807) is 7.11 Å². The average Bonchev–Trinajstić information content (AvgIpc) is 3.09. The standard InChI is InChI=1S/C18H23NO3.C2H2O4/c1-21-16-8-7-13-5-6-14(17(13)10-16)11-19-9-3-4-15(12-19)18(20)22-2;3-1(4)2(5)6/h4,7-8,10,14H,3,5-6,9,11-12H2,1-2H3;(H,3,4)(H,5,6). The van der Waals surface area contributed by atoms with Gasteiger partial charge in [0.05, 0.1) is 14.2 Å². The van der Waals surface area contributed by atoms with E-state index in [0.29, 0.717) is 12.5 Å². The van der Waals surface area contributed by atoms with Crippen LogP contribution in [0, 0.1) is 0 Å². The van der Waals surface area contributed by atoms with E-state index in [9.17, 15) is 4.79 Å². The van der Waals surface area contributed by atoms with Crippen molar-refractivity contribution >= 4 is 17.9 Å². The molecule has 152 valence electrons. The van der Waals surface area contributed by atoms with Crippen LogP contribution in [-0.2, 0) is 25.5 Å². The summed E-state index contributed by atoms with van der Waals surface area (Å²) in [5.41, 5.74) is 3.64. The Hall–Kier alpha value is -2.87. The molecule has 1 aliphatic carbocycles. The van der Waals surface area contributed by atoms with Crippen molar-refractivity contribution in [3.63, 3.8) is 0 Å². The zero-order valence-corrected chi connectivity index (χ0v) is 16.0. The minimum Gasteiger partial charge on any atom is -0.497 e. The summed E-state index contributed by atoms with van der Waals surface area (Å²) in [5, 5.41) is 14.8. The number of fused-ring (bicyclic) bond motifs is 1. The molecular weight excluding hydrogens is 366 g/mol. The van der Waals surface area contributed by atoms with Gasteiger partial charge in [-0.25, -0.2) is 14.4 Å². The first-order valence-electron chi connectivity index (χ1n) is 8.98. The highest BCUT2D eigenvalue weighted by molar-refractivity contribution is 6.27. The molecular formula is C20H25NO7. The van der Waals surface area contributed by atoms with Gasteiger partial charge in [0.1, 0.15) is 5.75 Å². The summed E-state index contributed by atoms with van der Waals surface area (Å²) < 4.78 is 10.2. The number of ether oxygens (including phenoxy) is 2. The summed E-state index contributed by atoms with van der Waals surface area (Å²) in [6, 6.07) is 6.40. The van der Waals surface area contributed by atoms with Gasteiger partial charge in [-0.1, -0.05) is 12.1 Å². The van der Waals surface area contributed by atoms with Gasteiger partial charge in [0.15, 0.2) is 0 Å². The number of aryl methyl sites for hydroxylation is 1. The van der Waals surface area contributed by atoms with Crippen LogP contribution in [0.2, 0.25) is 0 Å². The van der Waals surface area contributed by atoms with E-state index in [-0.39, 0.29) is 5.97 Å². The number of aliphatic carboxylic acids is 2. The number of methoxy groups -OCH3 is 2. The fourth-order valence-electron chi connectivity index (χ4n) is 3.53. The molecule has 1 unspecified atom stereocenters. The van der Waals surface area contributed by atoms with Crippen molar-refractivity contribution in [2.24, 2.45) is 0 Å². The first kappa shape index (κ1) is 21.4. The first-order valence-corrected chi connectivity index (χ1v) is 8.98. The Morgan fingerprint density at radius 3 is 2.50 bits per heavy atom. The summed E-state index contributed by atoms with van der Waals surface area (Å²) in [5.74, 6) is -2.38. The average molecular weight is 391 g/mol. The predicted molar refractivity (Wildman–Crippen MR) is 100 cm³/mol. The predicted octanol–water partition coefficient (Wildman–Crippen LogP) is 1.69. The molecule has 3 rings (SSSR count). The van der Waals surface area contributed by atoms with Gasteiger partial charge in [-0.3, -0.25) is 4.90 Å². The number of carbonyl (C=O) groups excluding carboxylic acids is 1. The Bertz CT molecular complexity index is 760. The van der Waals surface area contributed by atoms with Crippen molar-refractivity contribution in [3.8, 4) is 5.75 Å². The number of hydrogen-bond acceptors (Lipinski definition) is 6. The zero-order chi connectivity index (χ0) is 20.7. The summed E-state index contributed by atoms with van der Waals surface area (Å²) in [4.78, 5) is 32.3. The lowest BCUT2D eigenvalue weighted by molar-refractivity contribution is -0.159. The first-order chi connectivity index (χ1) is 13.3. The van der Waals surface area contributed by atoms with E-state index in [4.69, 9.17) is 29.3 Å². The molecule has 1 aromatic rings. The quantitative estimate of drug-likeness (QED) is 0.589. The van der Waals surface area contributed by atoms with Gasteiger partial charge in [-0.05, 0) is 48.4 Å². The highest BCUT2D eigenvalue weighted by Crippen LogP contribution is 2.36. The molecule has 1 aromatic carbocycles. The smallest absolute Gasteiger partial charge is 0.414 e. The van der Waals surface area contributed by atoms with Crippen LogP contribution in [0.4, 0.5) is 0 Å². The van der Waals surface area contributed by atoms with Crippen LogP contribution in [-0.4, -0.2) is 66.9 Å². The molecule has 8 heteroatoms. The van der Waals surface area contributed by atoms with Crippen LogP contribution in [0.1, 0.15) is 29.9 Å². The second-order valence-corrected chi connectivity index (χ2v) is 6.66. The lowest BCUT2D eigenvalue weighted by Gasteiger charge is -2.29. The van der Waals surface area contributed by atoms with Crippen molar-refractivity contribution in [1.82, 2.24) is 4.90 Å². The van der Waals surface area contributed by atoms with E-state index in [1.165, 1.54) is 24.7 Å². The summed E-state index contributed by atoms with van der Waals surface area (Å²) in [6.07, 6.45) is 5.24. The molecule has 0 radical (unpaired) electrons. The minimum atomic E-state index is -1.82. The van der Waals surface area contributed by atoms with Crippen molar-refractivity contribution in [2.75, 3.05) is 33.9 Å². The third kappa shape index (κ3) is 5.56. The number of rotatable bonds is 4. The maximum absolute atomic E-state index is 11.7. The van der Waals surface area contributed by atoms with Gasteiger partial charge in [0.2, 0.25) is 0 Å². The highest BCUT2D eigenvalue weighted by Gasteiger charge is 2.27. The van der Waals surface area contributed by atoms with E-state index < -0.39 is 11.9 Å². The lowest BCUT2D eigenvalue weighted by atomic mass is 9.99. The molecule has 0 saturated heterocycles. The van der Waals surface area contributed by atoms with Gasteiger partial charge in [0.25, 0.3) is 0 Å². The molecule has 0 saturated carbocycles. The van der Waals surface area contributed by atoms with Crippen LogP contribution >= 0.6 is 0 Å². The Kier molecular flexibility index (Phi) is 7.57. The number of hydrogen-bond donors (Lipinski definition) is 2. The number of carboxylic acids is 2. The molecule has 0 spiro atoms. The van der Waals surface area contributed by atoms with Gasteiger partial charge >= 0.3 is 17.9 Å². The molecule has 1 aliphatic heterocycles. The number of carboxylic acid groups (broad SMARTS) is 2. The fourth-order valence-corrected chi connectivity index (χ4v) is 3.53. The fraction of sp³-hybridized carbons (Fsp3) is 0.450. The highest BCUT2D eigenvalue weighted by atomic mass is 16.5. The largest absolute Gasteiger partial charge is 0.497 e.